The number of nitrogens with zero attached hydrogens (tertiary/aromatic N) is 2. The van der Waals surface area contributed by atoms with E-state index in [1.807, 2.05) is 6.07 Å². The molecule has 2 heterocycles. The van der Waals surface area contributed by atoms with Crippen molar-refractivity contribution in [2.24, 2.45) is 0 Å². The number of rotatable bonds is 4. The van der Waals surface area contributed by atoms with E-state index in [1.165, 1.54) is 0 Å². The highest BCUT2D eigenvalue weighted by molar-refractivity contribution is 7.89. The minimum Gasteiger partial charge on any atom is -0.281 e. The summed E-state index contributed by atoms with van der Waals surface area (Å²) in [4.78, 5) is 4.19. The number of aromatic nitrogens is 3. The van der Waals surface area contributed by atoms with Crippen LogP contribution < -0.4 is 4.72 Å². The van der Waals surface area contributed by atoms with Gasteiger partial charge in [0.05, 0.1) is 11.4 Å². The predicted octanol–water partition coefficient (Wildman–Crippen LogP) is 1.46. The van der Waals surface area contributed by atoms with Gasteiger partial charge in [0.1, 0.15) is 4.90 Å². The SMILES string of the molecule is Cc1n[nH]c(C)c1S(=O)(=O)NC(C)c1cccnc1. The van der Waals surface area contributed by atoms with Gasteiger partial charge in [-0.3, -0.25) is 10.1 Å². The van der Waals surface area contributed by atoms with Crippen molar-refractivity contribution >= 4 is 10.0 Å². The van der Waals surface area contributed by atoms with Crippen LogP contribution in [0.5, 0.6) is 0 Å². The molecule has 102 valence electrons. The molecule has 7 heteroatoms. The third-order valence-electron chi connectivity index (χ3n) is 2.85. The summed E-state index contributed by atoms with van der Waals surface area (Å²) >= 11 is 0. The third-order valence-corrected chi connectivity index (χ3v) is 4.65. The molecule has 0 aliphatic heterocycles. The molecule has 2 aromatic heterocycles. The molecule has 2 rings (SSSR count). The van der Waals surface area contributed by atoms with Gasteiger partial charge < -0.3 is 0 Å². The lowest BCUT2D eigenvalue weighted by Gasteiger charge is -2.14. The van der Waals surface area contributed by atoms with Crippen LogP contribution in [0.25, 0.3) is 0 Å². The first kappa shape index (κ1) is 13.7. The molecule has 0 fully saturated rings. The Balaban J connectivity index is 2.28. The van der Waals surface area contributed by atoms with Crippen molar-refractivity contribution in [3.05, 3.63) is 41.5 Å². The summed E-state index contributed by atoms with van der Waals surface area (Å²) in [6, 6.07) is 3.25. The summed E-state index contributed by atoms with van der Waals surface area (Å²) in [5, 5.41) is 6.58. The number of H-pyrrole nitrogens is 1. The Morgan fingerprint density at radius 2 is 2.11 bits per heavy atom. The minimum atomic E-state index is -3.60. The second kappa shape index (κ2) is 5.10. The number of hydrogen-bond donors (Lipinski definition) is 2. The van der Waals surface area contributed by atoms with Gasteiger partial charge >= 0.3 is 0 Å². The van der Waals surface area contributed by atoms with Gasteiger partial charge in [-0.05, 0) is 32.4 Å². The minimum absolute atomic E-state index is 0.211. The average Bonchev–Trinajstić information content (AvgIpc) is 2.70. The number of pyridine rings is 1. The first-order chi connectivity index (χ1) is 8.92. The summed E-state index contributed by atoms with van der Waals surface area (Å²) in [6.07, 6.45) is 3.29. The van der Waals surface area contributed by atoms with Crippen LogP contribution in [0.15, 0.2) is 29.4 Å². The van der Waals surface area contributed by atoms with Gasteiger partial charge in [-0.1, -0.05) is 6.07 Å². The molecule has 1 unspecified atom stereocenters. The van der Waals surface area contributed by atoms with Crippen molar-refractivity contribution in [1.29, 1.82) is 0 Å². The summed E-state index contributed by atoms with van der Waals surface area (Å²) < 4.78 is 27.3. The van der Waals surface area contributed by atoms with Crippen LogP contribution in [0.4, 0.5) is 0 Å². The van der Waals surface area contributed by atoms with Gasteiger partial charge in [0.2, 0.25) is 10.0 Å². The Morgan fingerprint density at radius 1 is 1.37 bits per heavy atom. The molecule has 0 amide bonds. The van der Waals surface area contributed by atoms with E-state index in [9.17, 15) is 8.42 Å². The fourth-order valence-electron chi connectivity index (χ4n) is 1.93. The van der Waals surface area contributed by atoms with Crippen molar-refractivity contribution in [3.63, 3.8) is 0 Å². The van der Waals surface area contributed by atoms with Crippen molar-refractivity contribution in [2.45, 2.75) is 31.7 Å². The first-order valence-electron chi connectivity index (χ1n) is 5.85. The van der Waals surface area contributed by atoms with Crippen LogP contribution in [0.3, 0.4) is 0 Å². The first-order valence-corrected chi connectivity index (χ1v) is 7.34. The largest absolute Gasteiger partial charge is 0.281 e. The van der Waals surface area contributed by atoms with Gasteiger partial charge in [-0.2, -0.15) is 5.10 Å². The maximum atomic E-state index is 12.3. The van der Waals surface area contributed by atoms with E-state index >= 15 is 0 Å². The fourth-order valence-corrected chi connectivity index (χ4v) is 3.53. The summed E-state index contributed by atoms with van der Waals surface area (Å²) in [6.45, 7) is 5.12. The molecule has 0 bridgehead atoms. The van der Waals surface area contributed by atoms with Crippen molar-refractivity contribution < 1.29 is 8.42 Å². The van der Waals surface area contributed by atoms with Gasteiger partial charge in [0.15, 0.2) is 0 Å². The van der Waals surface area contributed by atoms with Crippen LogP contribution in [0, 0.1) is 13.8 Å². The Morgan fingerprint density at radius 3 is 2.63 bits per heavy atom. The Hall–Kier alpha value is -1.73. The Kier molecular flexibility index (Phi) is 3.68. The molecule has 0 aromatic carbocycles. The molecule has 2 aromatic rings. The van der Waals surface area contributed by atoms with E-state index in [-0.39, 0.29) is 10.9 Å². The van der Waals surface area contributed by atoms with Crippen LogP contribution >= 0.6 is 0 Å². The lowest BCUT2D eigenvalue weighted by molar-refractivity contribution is 0.565. The predicted molar refractivity (Wildman–Crippen MR) is 71.0 cm³/mol. The molecular weight excluding hydrogens is 264 g/mol. The number of hydrogen-bond acceptors (Lipinski definition) is 4. The highest BCUT2D eigenvalue weighted by atomic mass is 32.2. The van der Waals surface area contributed by atoms with Crippen molar-refractivity contribution in [1.82, 2.24) is 19.9 Å². The molecule has 0 spiro atoms. The van der Waals surface area contributed by atoms with Crippen molar-refractivity contribution in [2.75, 3.05) is 0 Å². The smallest absolute Gasteiger partial charge is 0.244 e. The number of aromatic amines is 1. The highest BCUT2D eigenvalue weighted by Crippen LogP contribution is 2.20. The number of sulfonamides is 1. The van der Waals surface area contributed by atoms with Crippen molar-refractivity contribution in [3.8, 4) is 0 Å². The normalized spacial score (nSPS) is 13.4. The zero-order chi connectivity index (χ0) is 14.0. The molecule has 0 saturated heterocycles. The van der Waals surface area contributed by atoms with Crippen LogP contribution in [-0.4, -0.2) is 23.6 Å². The molecular formula is C12H16N4O2S. The van der Waals surface area contributed by atoms with Gasteiger partial charge in [0, 0.05) is 18.4 Å². The van der Waals surface area contributed by atoms with Crippen LogP contribution in [-0.2, 0) is 10.0 Å². The Labute approximate surface area is 112 Å². The molecule has 1 atom stereocenters. The molecule has 0 radical (unpaired) electrons. The maximum Gasteiger partial charge on any atom is 0.244 e. The van der Waals surface area contributed by atoms with Gasteiger partial charge in [-0.25, -0.2) is 13.1 Å². The second-order valence-electron chi connectivity index (χ2n) is 4.39. The van der Waals surface area contributed by atoms with E-state index in [0.717, 1.165) is 5.56 Å². The van der Waals surface area contributed by atoms with E-state index < -0.39 is 10.0 Å². The molecule has 0 aliphatic rings. The van der Waals surface area contributed by atoms with E-state index in [0.29, 0.717) is 11.4 Å². The van der Waals surface area contributed by atoms with E-state index in [4.69, 9.17) is 0 Å². The zero-order valence-electron chi connectivity index (χ0n) is 11.0. The molecule has 6 nitrogen and oxygen atoms in total. The molecule has 0 aliphatic carbocycles. The van der Waals surface area contributed by atoms with Crippen LogP contribution in [0.2, 0.25) is 0 Å². The monoisotopic (exact) mass is 280 g/mol. The number of aryl methyl sites for hydroxylation is 2. The third kappa shape index (κ3) is 2.82. The van der Waals surface area contributed by atoms with E-state index in [2.05, 4.69) is 19.9 Å². The number of nitrogens with one attached hydrogen (secondary N) is 2. The molecule has 2 N–H and O–H groups in total. The quantitative estimate of drug-likeness (QED) is 0.887. The Bertz CT molecular complexity index is 645. The molecule has 0 saturated carbocycles. The topological polar surface area (TPSA) is 87.7 Å². The average molecular weight is 280 g/mol. The molecule has 19 heavy (non-hydrogen) atoms. The van der Waals surface area contributed by atoms with E-state index in [1.54, 1.807) is 39.2 Å². The lowest BCUT2D eigenvalue weighted by Crippen LogP contribution is -2.27. The van der Waals surface area contributed by atoms with Crippen LogP contribution in [0.1, 0.15) is 29.9 Å². The zero-order valence-corrected chi connectivity index (χ0v) is 11.8. The summed E-state index contributed by atoms with van der Waals surface area (Å²) in [5.74, 6) is 0. The second-order valence-corrected chi connectivity index (χ2v) is 6.04. The van der Waals surface area contributed by atoms with Gasteiger partial charge in [-0.15, -0.1) is 0 Å². The standard InChI is InChI=1S/C12H16N4O2S/c1-8(11-5-4-6-13-7-11)16-19(17,18)12-9(2)14-15-10(12)3/h4-8,16H,1-3H3,(H,14,15). The lowest BCUT2D eigenvalue weighted by atomic mass is 10.2. The fraction of sp³-hybridized carbons (Fsp3) is 0.333. The summed E-state index contributed by atoms with van der Waals surface area (Å²) in [7, 11) is -3.60. The highest BCUT2D eigenvalue weighted by Gasteiger charge is 2.24. The van der Waals surface area contributed by atoms with Gasteiger partial charge in [0.25, 0.3) is 0 Å². The maximum absolute atomic E-state index is 12.3. The summed E-state index contributed by atoms with van der Waals surface area (Å²) in [5.41, 5.74) is 1.80.